The number of carbonyl (C=O) groups is 1. The van der Waals surface area contributed by atoms with Crippen LogP contribution in [0.5, 0.6) is 0 Å². The van der Waals surface area contributed by atoms with Crippen molar-refractivity contribution >= 4 is 17.3 Å². The number of thiophene rings is 1. The normalized spacial score (nSPS) is 18.6. The standard InChI is InChI=1S/C13H19NO3S/c1-10-7-12(18-9-10)13(15)17-8-11(2)14-3-5-16-6-4-14/h7,9,11H,3-6,8H2,1-2H3. The highest BCUT2D eigenvalue weighted by Gasteiger charge is 2.19. The second-order valence-electron chi connectivity index (χ2n) is 4.58. The Morgan fingerprint density at radius 2 is 2.28 bits per heavy atom. The van der Waals surface area contributed by atoms with E-state index in [4.69, 9.17) is 9.47 Å². The minimum absolute atomic E-state index is 0.215. The summed E-state index contributed by atoms with van der Waals surface area (Å²) in [5.74, 6) is -0.215. The van der Waals surface area contributed by atoms with Crippen LogP contribution in [-0.2, 0) is 9.47 Å². The number of hydrogen-bond acceptors (Lipinski definition) is 5. The van der Waals surface area contributed by atoms with Crippen molar-refractivity contribution in [2.24, 2.45) is 0 Å². The molecule has 0 radical (unpaired) electrons. The summed E-state index contributed by atoms with van der Waals surface area (Å²) in [4.78, 5) is 14.8. The first-order chi connectivity index (χ1) is 8.66. The topological polar surface area (TPSA) is 38.8 Å². The molecule has 1 atom stereocenters. The Balaban J connectivity index is 1.78. The largest absolute Gasteiger partial charge is 0.460 e. The Labute approximate surface area is 111 Å². The summed E-state index contributed by atoms with van der Waals surface area (Å²) in [6.45, 7) is 7.86. The zero-order chi connectivity index (χ0) is 13.0. The third-order valence-electron chi connectivity index (χ3n) is 3.06. The maximum Gasteiger partial charge on any atom is 0.348 e. The van der Waals surface area contributed by atoms with E-state index >= 15 is 0 Å². The lowest BCUT2D eigenvalue weighted by molar-refractivity contribution is -0.00170. The van der Waals surface area contributed by atoms with Crippen LogP contribution in [0.3, 0.4) is 0 Å². The van der Waals surface area contributed by atoms with Gasteiger partial charge in [-0.05, 0) is 30.9 Å². The molecule has 18 heavy (non-hydrogen) atoms. The van der Waals surface area contributed by atoms with Gasteiger partial charge in [0, 0.05) is 19.1 Å². The molecule has 0 aromatic carbocycles. The Hall–Kier alpha value is -0.910. The van der Waals surface area contributed by atoms with E-state index in [0.717, 1.165) is 31.9 Å². The molecule has 0 spiro atoms. The lowest BCUT2D eigenvalue weighted by Crippen LogP contribution is -2.44. The first kappa shape index (κ1) is 13.5. The molecule has 1 aromatic heterocycles. The van der Waals surface area contributed by atoms with E-state index in [9.17, 15) is 4.79 Å². The van der Waals surface area contributed by atoms with E-state index in [-0.39, 0.29) is 12.0 Å². The third-order valence-corrected chi connectivity index (χ3v) is 4.08. The molecule has 1 aromatic rings. The number of ether oxygens (including phenoxy) is 2. The van der Waals surface area contributed by atoms with Gasteiger partial charge in [0.1, 0.15) is 11.5 Å². The van der Waals surface area contributed by atoms with Crippen LogP contribution in [0, 0.1) is 6.92 Å². The predicted octanol–water partition coefficient (Wildman–Crippen LogP) is 1.93. The molecule has 1 aliphatic rings. The van der Waals surface area contributed by atoms with Gasteiger partial charge in [0.2, 0.25) is 0 Å². The summed E-state index contributed by atoms with van der Waals surface area (Å²) in [6.07, 6.45) is 0. The van der Waals surface area contributed by atoms with Gasteiger partial charge in [0.15, 0.2) is 0 Å². The van der Waals surface area contributed by atoms with Crippen LogP contribution in [-0.4, -0.2) is 49.8 Å². The summed E-state index contributed by atoms with van der Waals surface area (Å²) < 4.78 is 10.6. The van der Waals surface area contributed by atoms with E-state index in [0.29, 0.717) is 11.5 Å². The van der Waals surface area contributed by atoms with E-state index in [2.05, 4.69) is 11.8 Å². The molecule has 1 fully saturated rings. The second-order valence-corrected chi connectivity index (χ2v) is 5.50. The molecule has 0 saturated carbocycles. The zero-order valence-corrected chi connectivity index (χ0v) is 11.7. The molecule has 1 saturated heterocycles. The molecular weight excluding hydrogens is 250 g/mol. The summed E-state index contributed by atoms with van der Waals surface area (Å²) in [6, 6.07) is 2.12. The number of aryl methyl sites for hydroxylation is 1. The molecule has 0 bridgehead atoms. The Morgan fingerprint density at radius 3 is 2.89 bits per heavy atom. The van der Waals surface area contributed by atoms with Crippen LogP contribution in [0.25, 0.3) is 0 Å². The zero-order valence-electron chi connectivity index (χ0n) is 10.8. The monoisotopic (exact) mass is 269 g/mol. The van der Waals surface area contributed by atoms with E-state index in [1.165, 1.54) is 11.3 Å². The minimum atomic E-state index is -0.215. The first-order valence-corrected chi connectivity index (χ1v) is 7.09. The highest BCUT2D eigenvalue weighted by atomic mass is 32.1. The fourth-order valence-corrected chi connectivity index (χ4v) is 2.72. The molecule has 2 heterocycles. The van der Waals surface area contributed by atoms with Crippen molar-refractivity contribution in [2.75, 3.05) is 32.9 Å². The summed E-state index contributed by atoms with van der Waals surface area (Å²) in [7, 11) is 0. The molecule has 0 aliphatic carbocycles. The van der Waals surface area contributed by atoms with Crippen molar-refractivity contribution in [3.63, 3.8) is 0 Å². The number of rotatable bonds is 4. The van der Waals surface area contributed by atoms with Crippen LogP contribution in [0.4, 0.5) is 0 Å². The van der Waals surface area contributed by atoms with Gasteiger partial charge in [-0.3, -0.25) is 4.90 Å². The molecule has 4 nitrogen and oxygen atoms in total. The van der Waals surface area contributed by atoms with E-state index < -0.39 is 0 Å². The van der Waals surface area contributed by atoms with Crippen LogP contribution in [0.15, 0.2) is 11.4 Å². The van der Waals surface area contributed by atoms with Gasteiger partial charge >= 0.3 is 5.97 Å². The second kappa shape index (κ2) is 6.31. The lowest BCUT2D eigenvalue weighted by atomic mass is 10.3. The van der Waals surface area contributed by atoms with Crippen molar-refractivity contribution in [2.45, 2.75) is 19.9 Å². The van der Waals surface area contributed by atoms with Crippen molar-refractivity contribution in [1.82, 2.24) is 4.90 Å². The Kier molecular flexibility index (Phi) is 4.74. The van der Waals surface area contributed by atoms with Crippen molar-refractivity contribution in [3.05, 3.63) is 21.9 Å². The Morgan fingerprint density at radius 1 is 1.56 bits per heavy atom. The summed E-state index contributed by atoms with van der Waals surface area (Å²) >= 11 is 1.44. The van der Waals surface area contributed by atoms with Gasteiger partial charge in [-0.15, -0.1) is 11.3 Å². The smallest absolute Gasteiger partial charge is 0.348 e. The van der Waals surface area contributed by atoms with Gasteiger partial charge in [-0.2, -0.15) is 0 Å². The Bertz CT molecular complexity index is 399. The number of morpholine rings is 1. The quantitative estimate of drug-likeness (QED) is 0.783. The number of hydrogen-bond donors (Lipinski definition) is 0. The molecule has 100 valence electrons. The number of esters is 1. The highest BCUT2D eigenvalue weighted by molar-refractivity contribution is 7.12. The summed E-state index contributed by atoms with van der Waals surface area (Å²) in [5, 5.41) is 1.96. The van der Waals surface area contributed by atoms with Gasteiger partial charge in [-0.1, -0.05) is 0 Å². The average molecular weight is 269 g/mol. The van der Waals surface area contributed by atoms with E-state index in [1.54, 1.807) is 0 Å². The molecular formula is C13H19NO3S. The van der Waals surface area contributed by atoms with Crippen molar-refractivity contribution < 1.29 is 14.3 Å². The maximum atomic E-state index is 11.8. The SMILES string of the molecule is Cc1csc(C(=O)OCC(C)N2CCOCC2)c1. The fraction of sp³-hybridized carbons (Fsp3) is 0.615. The third kappa shape index (κ3) is 3.54. The number of carbonyl (C=O) groups excluding carboxylic acids is 1. The summed E-state index contributed by atoms with van der Waals surface area (Å²) in [5.41, 5.74) is 1.10. The lowest BCUT2D eigenvalue weighted by Gasteiger charge is -2.31. The molecule has 5 heteroatoms. The molecule has 2 rings (SSSR count). The highest BCUT2D eigenvalue weighted by Crippen LogP contribution is 2.15. The van der Waals surface area contributed by atoms with Gasteiger partial charge in [-0.25, -0.2) is 4.79 Å². The fourth-order valence-electron chi connectivity index (χ4n) is 1.93. The van der Waals surface area contributed by atoms with Crippen molar-refractivity contribution in [3.8, 4) is 0 Å². The number of nitrogens with zero attached hydrogens (tertiary/aromatic N) is 1. The van der Waals surface area contributed by atoms with Crippen LogP contribution < -0.4 is 0 Å². The minimum Gasteiger partial charge on any atom is -0.460 e. The molecule has 1 unspecified atom stereocenters. The average Bonchev–Trinajstić information content (AvgIpc) is 2.83. The van der Waals surface area contributed by atoms with Crippen molar-refractivity contribution in [1.29, 1.82) is 0 Å². The van der Waals surface area contributed by atoms with Gasteiger partial charge in [0.25, 0.3) is 0 Å². The van der Waals surface area contributed by atoms with Crippen LogP contribution in [0.2, 0.25) is 0 Å². The van der Waals surface area contributed by atoms with Crippen LogP contribution in [0.1, 0.15) is 22.2 Å². The van der Waals surface area contributed by atoms with Crippen LogP contribution >= 0.6 is 11.3 Å². The molecule has 0 amide bonds. The van der Waals surface area contributed by atoms with E-state index in [1.807, 2.05) is 18.4 Å². The predicted molar refractivity (Wildman–Crippen MR) is 71.2 cm³/mol. The molecule has 1 aliphatic heterocycles. The molecule has 0 N–H and O–H groups in total. The maximum absolute atomic E-state index is 11.8. The van der Waals surface area contributed by atoms with Gasteiger partial charge < -0.3 is 9.47 Å². The first-order valence-electron chi connectivity index (χ1n) is 6.21. The van der Waals surface area contributed by atoms with Gasteiger partial charge in [0.05, 0.1) is 13.2 Å².